The van der Waals surface area contributed by atoms with E-state index in [0.29, 0.717) is 0 Å². The maximum Gasteiger partial charge on any atom is 3.00 e. The van der Waals surface area contributed by atoms with E-state index < -0.39 is 20.8 Å². The van der Waals surface area contributed by atoms with Gasteiger partial charge in [0.2, 0.25) is 0 Å². The standard InChI is InChI=1S/2Al.2H2O4S.3O.2Ti/c;;2*1-5(2,3)4;;;;;/h;;2*(H2,1,2,3,4);;;;;/q2*+3;;;3*-2;;. The maximum absolute atomic E-state index is 8.74. The van der Waals surface area contributed by atoms with E-state index in [-0.39, 0.29) is 94.6 Å². The average Bonchev–Trinajstić information content (AvgIpc) is 1.12. The van der Waals surface area contributed by atoms with Crippen LogP contribution < -0.4 is 0 Å². The first kappa shape index (κ1) is 61.3. The molecule has 0 aliphatic heterocycles. The van der Waals surface area contributed by atoms with E-state index in [1.54, 1.807) is 0 Å². The van der Waals surface area contributed by atoms with Gasteiger partial charge in [0.15, 0.2) is 0 Å². The van der Waals surface area contributed by atoms with Gasteiger partial charge in [0.25, 0.3) is 0 Å². The fraction of sp³-hybridized carbons (Fsp3) is 0. The number of hydrogen-bond donors (Lipinski definition) is 4. The van der Waals surface area contributed by atoms with Crippen molar-refractivity contribution in [2.75, 3.05) is 0 Å². The van der Waals surface area contributed by atoms with Crippen molar-refractivity contribution in [2.45, 2.75) is 0 Å². The van der Waals surface area contributed by atoms with E-state index in [4.69, 9.17) is 35.0 Å². The monoisotopic (exact) mass is 394 g/mol. The normalized spacial score (nSPS) is 6.82. The van der Waals surface area contributed by atoms with Gasteiger partial charge in [0, 0.05) is 43.4 Å². The Morgan fingerprint density at radius 1 is 0.529 bits per heavy atom. The van der Waals surface area contributed by atoms with Gasteiger partial charge in [-0.05, 0) is 0 Å². The third-order valence-electron chi connectivity index (χ3n) is 0. The summed E-state index contributed by atoms with van der Waals surface area (Å²) in [5.41, 5.74) is 0. The summed E-state index contributed by atoms with van der Waals surface area (Å²) < 4.78 is 63.2. The van der Waals surface area contributed by atoms with Gasteiger partial charge in [-0.25, -0.2) is 0 Å². The molecule has 11 nitrogen and oxygen atoms in total. The van der Waals surface area contributed by atoms with E-state index >= 15 is 0 Å². The van der Waals surface area contributed by atoms with Gasteiger partial charge in [-0.2, -0.15) is 16.8 Å². The second kappa shape index (κ2) is 26.6. The first-order chi connectivity index (χ1) is 4.00. The van der Waals surface area contributed by atoms with Crippen LogP contribution in [0.1, 0.15) is 0 Å². The molecule has 17 heteroatoms. The van der Waals surface area contributed by atoms with Crippen LogP contribution in [0.3, 0.4) is 0 Å². The van der Waals surface area contributed by atoms with Crippen LogP contribution in [0, 0.1) is 0 Å². The quantitative estimate of drug-likeness (QED) is 0.254. The fourth-order valence-corrected chi connectivity index (χ4v) is 0. The molecule has 0 saturated heterocycles. The van der Waals surface area contributed by atoms with E-state index in [1.165, 1.54) is 0 Å². The minimum atomic E-state index is -4.67. The van der Waals surface area contributed by atoms with Crippen molar-refractivity contribution in [1.82, 2.24) is 0 Å². The van der Waals surface area contributed by atoms with Crippen LogP contribution >= 0.6 is 0 Å². The second-order valence-corrected chi connectivity index (χ2v) is 2.69. The summed E-state index contributed by atoms with van der Waals surface area (Å²) in [5.74, 6) is 0. The molecule has 0 spiro atoms. The minimum absolute atomic E-state index is 0. The molecule has 0 radical (unpaired) electrons. The third kappa shape index (κ3) is 1050. The van der Waals surface area contributed by atoms with Gasteiger partial charge >= 0.3 is 55.5 Å². The van der Waals surface area contributed by atoms with Crippen LogP contribution in [0.4, 0.5) is 0 Å². The molecule has 0 aliphatic rings. The first-order valence-corrected chi connectivity index (χ1v) is 4.19. The Morgan fingerprint density at radius 2 is 0.529 bits per heavy atom. The predicted octanol–water partition coefficient (Wildman–Crippen LogP) is -2.43. The Hall–Kier alpha value is 2.11. The van der Waals surface area contributed by atoms with Crippen molar-refractivity contribution in [3.63, 3.8) is 0 Å². The van der Waals surface area contributed by atoms with Crippen molar-refractivity contribution < 1.29 is 94.9 Å². The van der Waals surface area contributed by atoms with Crippen molar-refractivity contribution >= 4 is 55.5 Å². The van der Waals surface area contributed by atoms with Crippen LogP contribution in [0.25, 0.3) is 0 Å². The maximum atomic E-state index is 8.74. The molecule has 4 N–H and O–H groups in total. The molecule has 0 heterocycles. The largest absolute Gasteiger partial charge is 3.00 e. The van der Waals surface area contributed by atoms with Crippen LogP contribution in [-0.4, -0.2) is 69.8 Å². The summed E-state index contributed by atoms with van der Waals surface area (Å²) in [6.45, 7) is 0. The molecule has 0 unspecified atom stereocenters. The molecule has 0 aromatic carbocycles. The molecule has 96 valence electrons. The van der Waals surface area contributed by atoms with Crippen LogP contribution in [0.15, 0.2) is 0 Å². The molecule has 0 saturated carbocycles. The molecule has 17 heavy (non-hydrogen) atoms. The Morgan fingerprint density at radius 3 is 0.529 bits per heavy atom. The van der Waals surface area contributed by atoms with Gasteiger partial charge in [0.1, 0.15) is 0 Å². The van der Waals surface area contributed by atoms with Crippen LogP contribution in [0.2, 0.25) is 0 Å². The molecule has 0 aromatic heterocycles. The Balaban J connectivity index is -0.00000000762. The summed E-state index contributed by atoms with van der Waals surface area (Å²) in [7, 11) is -9.33. The molecule has 0 bridgehead atoms. The zero-order valence-electron chi connectivity index (χ0n) is 7.62. The van der Waals surface area contributed by atoms with Gasteiger partial charge in [-0.3, -0.25) is 18.2 Å². The SMILES string of the molecule is O=S(=O)(O)O.O=S(=O)(O)O.[Al+3].[Al+3].[O-2].[O-2].[O-2].[Ti].[Ti]. The second-order valence-electron chi connectivity index (χ2n) is 0.896. The van der Waals surface area contributed by atoms with Crippen molar-refractivity contribution in [1.29, 1.82) is 0 Å². The molecule has 0 rings (SSSR count). The molecule has 0 aliphatic carbocycles. The van der Waals surface area contributed by atoms with Gasteiger partial charge < -0.3 is 16.4 Å². The first-order valence-electron chi connectivity index (χ1n) is 1.40. The van der Waals surface area contributed by atoms with Gasteiger partial charge in [-0.1, -0.05) is 0 Å². The Bertz CT molecular complexity index is 222. The molecule has 0 aromatic rings. The Kier molecular flexibility index (Phi) is 96.1. The summed E-state index contributed by atoms with van der Waals surface area (Å²) in [6, 6.07) is 0. The molecule has 0 fully saturated rings. The smallest absolute Gasteiger partial charge is 2.00 e. The Labute approximate surface area is 149 Å². The van der Waals surface area contributed by atoms with Gasteiger partial charge in [0.05, 0.1) is 0 Å². The summed E-state index contributed by atoms with van der Waals surface area (Å²) >= 11 is 0. The molecule has 0 atom stereocenters. The van der Waals surface area contributed by atoms with Crippen molar-refractivity contribution in [3.05, 3.63) is 0 Å². The van der Waals surface area contributed by atoms with Crippen LogP contribution in [0.5, 0.6) is 0 Å². The van der Waals surface area contributed by atoms with E-state index in [0.717, 1.165) is 0 Å². The zero-order valence-corrected chi connectivity index (χ0v) is 14.7. The van der Waals surface area contributed by atoms with Crippen LogP contribution in [-0.2, 0) is 80.7 Å². The van der Waals surface area contributed by atoms with Crippen molar-refractivity contribution in [2.24, 2.45) is 0 Å². The van der Waals surface area contributed by atoms with E-state index in [2.05, 4.69) is 0 Å². The summed E-state index contributed by atoms with van der Waals surface area (Å²) in [6.07, 6.45) is 0. The molecular weight excluding hydrogens is 390 g/mol. The van der Waals surface area contributed by atoms with E-state index in [1.807, 2.05) is 0 Å². The van der Waals surface area contributed by atoms with Gasteiger partial charge in [-0.15, -0.1) is 0 Å². The summed E-state index contributed by atoms with van der Waals surface area (Å²) in [5, 5.41) is 0. The fourth-order valence-electron chi connectivity index (χ4n) is 0. The predicted molar refractivity (Wildman–Crippen MR) is 41.9 cm³/mol. The minimum Gasteiger partial charge on any atom is -2.00 e. The summed E-state index contributed by atoms with van der Waals surface area (Å²) in [4.78, 5) is 0. The number of rotatable bonds is 0. The van der Waals surface area contributed by atoms with Crippen molar-refractivity contribution in [3.8, 4) is 0 Å². The molecule has 0 amide bonds. The third-order valence-corrected chi connectivity index (χ3v) is 0. The zero-order chi connectivity index (χ0) is 9.00. The number of hydrogen-bond acceptors (Lipinski definition) is 4. The molecular formula is H4Al2O11S2Ti2. The average molecular weight is 394 g/mol. The topological polar surface area (TPSA) is 235 Å². The van der Waals surface area contributed by atoms with E-state index in [9.17, 15) is 0 Å².